The van der Waals surface area contributed by atoms with E-state index in [-0.39, 0.29) is 17.8 Å². The van der Waals surface area contributed by atoms with Gasteiger partial charge in [0, 0.05) is 50.9 Å². The molecule has 4 aromatic rings. The maximum atomic E-state index is 13.1. The quantitative estimate of drug-likeness (QED) is 0.247. The molecule has 0 bridgehead atoms. The highest BCUT2D eigenvalue weighted by Crippen LogP contribution is 2.26. The Morgan fingerprint density at radius 1 is 1.08 bits per heavy atom. The van der Waals surface area contributed by atoms with Crippen molar-refractivity contribution < 1.29 is 13.9 Å². The van der Waals surface area contributed by atoms with Crippen LogP contribution in [0.25, 0.3) is 22.4 Å². The van der Waals surface area contributed by atoms with Gasteiger partial charge < -0.3 is 25.3 Å². The SMILES string of the molecule is CC(=O)NCCNc1nc(-c2ccccc2)nc2[nH]c(COC3CCN(CCc4ccc(F)cc4)CC3)cc12. The molecule has 9 heteroatoms. The molecule has 204 valence electrons. The largest absolute Gasteiger partial charge is 0.372 e. The third-order valence-electron chi connectivity index (χ3n) is 7.01. The number of ether oxygens (including phenoxy) is 1. The predicted octanol–water partition coefficient (Wildman–Crippen LogP) is 4.54. The van der Waals surface area contributed by atoms with Gasteiger partial charge in [0.1, 0.15) is 17.3 Å². The van der Waals surface area contributed by atoms with Gasteiger partial charge in [-0.05, 0) is 43.0 Å². The summed E-state index contributed by atoms with van der Waals surface area (Å²) in [5.41, 5.74) is 3.80. The molecule has 8 nitrogen and oxygen atoms in total. The van der Waals surface area contributed by atoms with Gasteiger partial charge in [-0.3, -0.25) is 4.79 Å². The van der Waals surface area contributed by atoms with Crippen LogP contribution in [0.4, 0.5) is 10.2 Å². The van der Waals surface area contributed by atoms with Gasteiger partial charge in [0.15, 0.2) is 5.82 Å². The Bertz CT molecular complexity index is 1370. The minimum Gasteiger partial charge on any atom is -0.372 e. The van der Waals surface area contributed by atoms with Crippen LogP contribution >= 0.6 is 0 Å². The Kier molecular flexibility index (Phi) is 8.80. The molecule has 1 amide bonds. The molecule has 1 aliphatic rings. The first-order chi connectivity index (χ1) is 19.0. The monoisotopic (exact) mass is 530 g/mol. The minimum atomic E-state index is -0.190. The zero-order valence-corrected chi connectivity index (χ0v) is 22.3. The summed E-state index contributed by atoms with van der Waals surface area (Å²) >= 11 is 0. The van der Waals surface area contributed by atoms with Crippen LogP contribution in [-0.2, 0) is 22.6 Å². The van der Waals surface area contributed by atoms with Crippen molar-refractivity contribution in [2.45, 2.75) is 38.9 Å². The van der Waals surface area contributed by atoms with Gasteiger partial charge in [-0.25, -0.2) is 14.4 Å². The number of anilines is 1. The predicted molar refractivity (Wildman–Crippen MR) is 151 cm³/mol. The molecule has 3 heterocycles. The van der Waals surface area contributed by atoms with Crippen LogP contribution in [0, 0.1) is 5.82 Å². The van der Waals surface area contributed by atoms with Gasteiger partial charge in [0.05, 0.1) is 18.1 Å². The number of aromatic amines is 1. The first-order valence-electron chi connectivity index (χ1n) is 13.6. The lowest BCUT2D eigenvalue weighted by Crippen LogP contribution is -2.38. The number of amides is 1. The molecule has 1 saturated heterocycles. The lowest BCUT2D eigenvalue weighted by molar-refractivity contribution is -0.118. The molecule has 39 heavy (non-hydrogen) atoms. The van der Waals surface area contributed by atoms with Gasteiger partial charge in [-0.15, -0.1) is 0 Å². The normalized spacial score (nSPS) is 14.5. The minimum absolute atomic E-state index is 0.0607. The van der Waals surface area contributed by atoms with Crippen LogP contribution in [0.2, 0.25) is 0 Å². The van der Waals surface area contributed by atoms with E-state index in [2.05, 4.69) is 20.5 Å². The van der Waals surface area contributed by atoms with Gasteiger partial charge in [0.2, 0.25) is 5.91 Å². The van der Waals surface area contributed by atoms with E-state index in [1.54, 1.807) is 0 Å². The molecule has 3 N–H and O–H groups in total. The fourth-order valence-electron chi connectivity index (χ4n) is 4.86. The maximum Gasteiger partial charge on any atom is 0.216 e. The van der Waals surface area contributed by atoms with E-state index in [1.807, 2.05) is 48.5 Å². The standard InChI is InChI=1S/C30H35FN6O2/c1-21(38)32-14-15-33-29-27-19-25(34-30(27)36-28(35-29)23-5-3-2-4-6-23)20-39-26-12-17-37(18-13-26)16-11-22-7-9-24(31)10-8-22/h2-10,19,26H,11-18,20H2,1H3,(H,32,38)(H2,33,34,35,36). The van der Waals surface area contributed by atoms with E-state index < -0.39 is 0 Å². The molecule has 1 aliphatic heterocycles. The molecule has 0 saturated carbocycles. The van der Waals surface area contributed by atoms with E-state index in [0.29, 0.717) is 25.5 Å². The van der Waals surface area contributed by atoms with Crippen LogP contribution in [0.1, 0.15) is 31.0 Å². The van der Waals surface area contributed by atoms with Crippen molar-refractivity contribution in [3.8, 4) is 11.4 Å². The Morgan fingerprint density at radius 3 is 2.59 bits per heavy atom. The number of aromatic nitrogens is 3. The number of H-pyrrole nitrogens is 1. The smallest absolute Gasteiger partial charge is 0.216 e. The van der Waals surface area contributed by atoms with Crippen molar-refractivity contribution in [1.82, 2.24) is 25.2 Å². The number of carbonyl (C=O) groups excluding carboxylic acids is 1. The van der Waals surface area contributed by atoms with Crippen LogP contribution in [0.3, 0.4) is 0 Å². The highest BCUT2D eigenvalue weighted by molar-refractivity contribution is 5.89. The number of hydrogen-bond donors (Lipinski definition) is 3. The second-order valence-electron chi connectivity index (χ2n) is 9.96. The first-order valence-corrected chi connectivity index (χ1v) is 13.6. The number of fused-ring (bicyclic) bond motifs is 1. The summed E-state index contributed by atoms with van der Waals surface area (Å²) in [6, 6.07) is 18.7. The van der Waals surface area contributed by atoms with Gasteiger partial charge in [-0.1, -0.05) is 42.5 Å². The van der Waals surface area contributed by atoms with Crippen molar-refractivity contribution in [1.29, 1.82) is 0 Å². The summed E-state index contributed by atoms with van der Waals surface area (Å²) in [6.07, 6.45) is 3.10. The molecule has 2 aromatic carbocycles. The van der Waals surface area contributed by atoms with Crippen LogP contribution in [0.15, 0.2) is 60.7 Å². The molecular formula is C30H35FN6O2. The van der Waals surface area contributed by atoms with E-state index in [1.165, 1.54) is 19.1 Å². The van der Waals surface area contributed by atoms with Gasteiger partial charge in [-0.2, -0.15) is 0 Å². The zero-order valence-electron chi connectivity index (χ0n) is 22.3. The zero-order chi connectivity index (χ0) is 27.0. The van der Waals surface area contributed by atoms with Crippen LogP contribution in [-0.4, -0.2) is 64.6 Å². The Morgan fingerprint density at radius 2 is 1.85 bits per heavy atom. The molecule has 0 unspecified atom stereocenters. The number of carbonyl (C=O) groups is 1. The van der Waals surface area contributed by atoms with Crippen LogP contribution < -0.4 is 10.6 Å². The third-order valence-corrected chi connectivity index (χ3v) is 7.01. The summed E-state index contributed by atoms with van der Waals surface area (Å²) < 4.78 is 19.4. The summed E-state index contributed by atoms with van der Waals surface area (Å²) in [5, 5.41) is 7.05. The van der Waals surface area contributed by atoms with E-state index in [9.17, 15) is 9.18 Å². The van der Waals surface area contributed by atoms with Crippen molar-refractivity contribution in [2.75, 3.05) is 38.0 Å². The molecule has 0 aliphatic carbocycles. The number of halogens is 1. The topological polar surface area (TPSA) is 95.2 Å². The number of likely N-dealkylation sites (tertiary alicyclic amines) is 1. The van der Waals surface area contributed by atoms with E-state index in [0.717, 1.165) is 72.6 Å². The van der Waals surface area contributed by atoms with E-state index >= 15 is 0 Å². The molecule has 0 radical (unpaired) electrons. The van der Waals surface area contributed by atoms with Crippen molar-refractivity contribution in [3.63, 3.8) is 0 Å². The van der Waals surface area contributed by atoms with E-state index in [4.69, 9.17) is 14.7 Å². The second-order valence-corrected chi connectivity index (χ2v) is 9.96. The maximum absolute atomic E-state index is 13.1. The molecule has 0 spiro atoms. The summed E-state index contributed by atoms with van der Waals surface area (Å²) in [7, 11) is 0. The number of nitrogens with zero attached hydrogens (tertiary/aromatic N) is 3. The first kappa shape index (κ1) is 26.8. The number of nitrogens with one attached hydrogen (secondary N) is 3. The third kappa shape index (κ3) is 7.40. The number of hydrogen-bond acceptors (Lipinski definition) is 6. The van der Waals surface area contributed by atoms with Crippen molar-refractivity contribution in [3.05, 3.63) is 77.7 Å². The average molecular weight is 531 g/mol. The molecule has 5 rings (SSSR count). The van der Waals surface area contributed by atoms with Crippen molar-refractivity contribution >= 4 is 22.8 Å². The van der Waals surface area contributed by atoms with Gasteiger partial charge >= 0.3 is 0 Å². The van der Waals surface area contributed by atoms with Crippen molar-refractivity contribution in [2.24, 2.45) is 0 Å². The number of benzene rings is 2. The Balaban J connectivity index is 1.19. The Hall–Kier alpha value is -3.82. The lowest BCUT2D eigenvalue weighted by atomic mass is 10.1. The summed E-state index contributed by atoms with van der Waals surface area (Å²) in [6.45, 7) is 6.00. The molecule has 1 fully saturated rings. The highest BCUT2D eigenvalue weighted by atomic mass is 19.1. The average Bonchev–Trinajstić information content (AvgIpc) is 3.38. The Labute approximate surface area is 228 Å². The molecule has 0 atom stereocenters. The highest BCUT2D eigenvalue weighted by Gasteiger charge is 2.20. The van der Waals surface area contributed by atoms with Gasteiger partial charge in [0.25, 0.3) is 0 Å². The lowest BCUT2D eigenvalue weighted by Gasteiger charge is -2.31. The molecular weight excluding hydrogens is 495 g/mol. The number of rotatable bonds is 11. The summed E-state index contributed by atoms with van der Waals surface area (Å²) in [5.74, 6) is 1.10. The molecule has 2 aromatic heterocycles. The summed E-state index contributed by atoms with van der Waals surface area (Å²) in [4.78, 5) is 26.7. The second kappa shape index (κ2) is 12.8. The van der Waals surface area contributed by atoms with Crippen LogP contribution in [0.5, 0.6) is 0 Å². The fraction of sp³-hybridized carbons (Fsp3) is 0.367. The number of piperidine rings is 1. The fourth-order valence-corrected chi connectivity index (χ4v) is 4.86.